The van der Waals surface area contributed by atoms with Crippen molar-refractivity contribution in [3.8, 4) is 0 Å². The number of hydrogen-bond acceptors (Lipinski definition) is 5. The minimum absolute atomic E-state index is 0.0156. The van der Waals surface area contributed by atoms with Crippen LogP contribution in [0.15, 0.2) is 24.3 Å². The quantitative estimate of drug-likeness (QED) is 0.561. The Hall–Kier alpha value is -1.86. The fraction of sp³-hybridized carbons (Fsp3) is 0.652. The Labute approximate surface area is 180 Å². The SMILES string of the molecule is CC(C)(C)OC(=O)C1CCN(C(=O)c2ccc(B3OC(C)(C)C(C)(C)O3)cc2)CC1. The Morgan fingerprint density at radius 3 is 1.97 bits per heavy atom. The number of nitrogens with zero attached hydrogens (tertiary/aromatic N) is 1. The van der Waals surface area contributed by atoms with Crippen LogP contribution in [0, 0.1) is 5.92 Å². The fourth-order valence-corrected chi connectivity index (χ4v) is 3.65. The number of piperidine rings is 1. The summed E-state index contributed by atoms with van der Waals surface area (Å²) >= 11 is 0. The van der Waals surface area contributed by atoms with Gasteiger partial charge in [0.2, 0.25) is 0 Å². The predicted molar refractivity (Wildman–Crippen MR) is 117 cm³/mol. The first-order valence-corrected chi connectivity index (χ1v) is 10.8. The lowest BCUT2D eigenvalue weighted by atomic mass is 9.79. The first-order chi connectivity index (χ1) is 13.8. The zero-order valence-electron chi connectivity index (χ0n) is 19.3. The number of ether oxygens (including phenoxy) is 1. The van der Waals surface area contributed by atoms with E-state index in [9.17, 15) is 9.59 Å². The van der Waals surface area contributed by atoms with Crippen molar-refractivity contribution in [1.82, 2.24) is 4.90 Å². The summed E-state index contributed by atoms with van der Waals surface area (Å²) in [6.07, 6.45) is 1.26. The number of amides is 1. The second-order valence-electron chi connectivity index (χ2n) is 10.3. The molecule has 164 valence electrons. The van der Waals surface area contributed by atoms with E-state index in [2.05, 4.69) is 0 Å². The number of esters is 1. The van der Waals surface area contributed by atoms with E-state index >= 15 is 0 Å². The summed E-state index contributed by atoms with van der Waals surface area (Å²) in [5, 5.41) is 0. The molecule has 0 atom stereocenters. The average Bonchev–Trinajstić information content (AvgIpc) is 2.87. The van der Waals surface area contributed by atoms with E-state index in [1.165, 1.54) is 0 Å². The highest BCUT2D eigenvalue weighted by molar-refractivity contribution is 6.62. The minimum Gasteiger partial charge on any atom is -0.460 e. The van der Waals surface area contributed by atoms with E-state index in [0.717, 1.165) is 5.46 Å². The molecule has 7 heteroatoms. The van der Waals surface area contributed by atoms with Gasteiger partial charge < -0.3 is 18.9 Å². The molecule has 0 bridgehead atoms. The molecule has 1 amide bonds. The van der Waals surface area contributed by atoms with Crippen molar-refractivity contribution in [3.05, 3.63) is 29.8 Å². The Kier molecular flexibility index (Phi) is 6.09. The molecule has 3 rings (SSSR count). The number of carbonyl (C=O) groups is 2. The molecular weight excluding hydrogens is 381 g/mol. The third-order valence-electron chi connectivity index (χ3n) is 6.21. The lowest BCUT2D eigenvalue weighted by molar-refractivity contribution is -0.161. The lowest BCUT2D eigenvalue weighted by Gasteiger charge is -2.32. The Morgan fingerprint density at radius 1 is 1.00 bits per heavy atom. The van der Waals surface area contributed by atoms with Crippen LogP contribution in [0.5, 0.6) is 0 Å². The van der Waals surface area contributed by atoms with Gasteiger partial charge in [0, 0.05) is 18.7 Å². The van der Waals surface area contributed by atoms with Gasteiger partial charge >= 0.3 is 13.1 Å². The molecule has 30 heavy (non-hydrogen) atoms. The molecule has 0 saturated carbocycles. The first-order valence-electron chi connectivity index (χ1n) is 10.8. The molecule has 0 spiro atoms. The van der Waals surface area contributed by atoms with Crippen molar-refractivity contribution < 1.29 is 23.6 Å². The molecule has 0 aromatic heterocycles. The van der Waals surface area contributed by atoms with Crippen molar-refractivity contribution in [2.24, 2.45) is 5.92 Å². The number of hydrogen-bond donors (Lipinski definition) is 0. The maximum absolute atomic E-state index is 12.9. The summed E-state index contributed by atoms with van der Waals surface area (Å²) < 4.78 is 17.6. The van der Waals surface area contributed by atoms with Gasteiger partial charge in [-0.2, -0.15) is 0 Å². The molecule has 0 N–H and O–H groups in total. The predicted octanol–water partition coefficient (Wildman–Crippen LogP) is 3.18. The standard InChI is InChI=1S/C23H34BNO5/c1-21(2,3)28-20(27)17-12-14-25(15-13-17)19(26)16-8-10-18(11-9-16)24-29-22(4,5)23(6,7)30-24/h8-11,17H,12-15H2,1-7H3. The van der Waals surface area contributed by atoms with Crippen LogP contribution in [-0.2, 0) is 18.8 Å². The number of rotatable bonds is 3. The van der Waals surface area contributed by atoms with E-state index in [1.54, 1.807) is 0 Å². The Morgan fingerprint density at radius 2 is 1.50 bits per heavy atom. The van der Waals surface area contributed by atoms with Crippen molar-refractivity contribution in [1.29, 1.82) is 0 Å². The largest absolute Gasteiger partial charge is 0.494 e. The van der Waals surface area contributed by atoms with E-state index in [4.69, 9.17) is 14.0 Å². The molecular formula is C23H34BNO5. The molecule has 0 aliphatic carbocycles. The molecule has 1 aromatic rings. The molecule has 2 saturated heterocycles. The summed E-state index contributed by atoms with van der Waals surface area (Å²) in [4.78, 5) is 27.0. The van der Waals surface area contributed by atoms with Crippen molar-refractivity contribution in [2.45, 2.75) is 78.1 Å². The number of likely N-dealkylation sites (tertiary alicyclic amines) is 1. The zero-order chi connectivity index (χ0) is 22.3. The third-order valence-corrected chi connectivity index (χ3v) is 6.21. The molecule has 0 radical (unpaired) electrons. The molecule has 2 aliphatic rings. The Bertz CT molecular complexity index is 773. The summed E-state index contributed by atoms with van der Waals surface area (Å²) in [5.41, 5.74) is 0.248. The van der Waals surface area contributed by atoms with Gasteiger partial charge in [-0.1, -0.05) is 12.1 Å². The van der Waals surface area contributed by atoms with Crippen LogP contribution in [0.4, 0.5) is 0 Å². The average molecular weight is 415 g/mol. The normalized spacial score (nSPS) is 21.6. The molecule has 2 fully saturated rings. The molecule has 1 aromatic carbocycles. The van der Waals surface area contributed by atoms with Crippen LogP contribution in [0.1, 0.15) is 71.7 Å². The third kappa shape index (κ3) is 4.89. The van der Waals surface area contributed by atoms with Crippen LogP contribution < -0.4 is 5.46 Å². The van der Waals surface area contributed by atoms with Gasteiger partial charge in [0.05, 0.1) is 17.1 Å². The first kappa shape index (κ1) is 22.8. The van der Waals surface area contributed by atoms with Gasteiger partial charge in [0.1, 0.15) is 5.60 Å². The van der Waals surface area contributed by atoms with Crippen molar-refractivity contribution in [3.63, 3.8) is 0 Å². The smallest absolute Gasteiger partial charge is 0.460 e. The highest BCUT2D eigenvalue weighted by Crippen LogP contribution is 2.36. The molecule has 2 aliphatic heterocycles. The monoisotopic (exact) mass is 415 g/mol. The van der Waals surface area contributed by atoms with Crippen LogP contribution in [0.2, 0.25) is 0 Å². The maximum Gasteiger partial charge on any atom is 0.494 e. The van der Waals surface area contributed by atoms with E-state index < -0.39 is 23.9 Å². The summed E-state index contributed by atoms with van der Waals surface area (Å²) in [6.45, 7) is 14.8. The second-order valence-corrected chi connectivity index (χ2v) is 10.3. The summed E-state index contributed by atoms with van der Waals surface area (Å²) in [7, 11) is -0.441. The Balaban J connectivity index is 1.58. The second kappa shape index (κ2) is 8.01. The highest BCUT2D eigenvalue weighted by Gasteiger charge is 2.51. The van der Waals surface area contributed by atoms with Gasteiger partial charge in [-0.3, -0.25) is 9.59 Å². The van der Waals surface area contributed by atoms with Gasteiger partial charge in [0.15, 0.2) is 0 Å². The van der Waals surface area contributed by atoms with Gasteiger partial charge in [-0.15, -0.1) is 0 Å². The minimum atomic E-state index is -0.483. The van der Waals surface area contributed by atoms with Crippen molar-refractivity contribution in [2.75, 3.05) is 13.1 Å². The van der Waals surface area contributed by atoms with Gasteiger partial charge in [-0.05, 0) is 78.9 Å². The van der Waals surface area contributed by atoms with Crippen molar-refractivity contribution >= 4 is 24.5 Å². The molecule has 2 heterocycles. The fourth-order valence-electron chi connectivity index (χ4n) is 3.65. The lowest BCUT2D eigenvalue weighted by Crippen LogP contribution is -2.42. The number of benzene rings is 1. The topological polar surface area (TPSA) is 65.1 Å². The van der Waals surface area contributed by atoms with Gasteiger partial charge in [-0.25, -0.2) is 0 Å². The summed E-state index contributed by atoms with van der Waals surface area (Å²) in [5.74, 6) is -0.321. The highest BCUT2D eigenvalue weighted by atomic mass is 16.7. The summed E-state index contributed by atoms with van der Waals surface area (Å²) in [6, 6.07) is 7.43. The van der Waals surface area contributed by atoms with E-state index in [0.29, 0.717) is 31.5 Å². The zero-order valence-corrected chi connectivity index (χ0v) is 19.3. The maximum atomic E-state index is 12.9. The van der Waals surface area contributed by atoms with Crippen LogP contribution >= 0.6 is 0 Å². The van der Waals surface area contributed by atoms with Crippen LogP contribution in [0.25, 0.3) is 0 Å². The molecule has 6 nitrogen and oxygen atoms in total. The van der Waals surface area contributed by atoms with Crippen LogP contribution in [0.3, 0.4) is 0 Å². The molecule has 0 unspecified atom stereocenters. The number of carbonyl (C=O) groups excluding carboxylic acids is 2. The van der Waals surface area contributed by atoms with Crippen LogP contribution in [-0.4, -0.2) is 53.8 Å². The van der Waals surface area contributed by atoms with E-state index in [-0.39, 0.29) is 17.8 Å². The van der Waals surface area contributed by atoms with E-state index in [1.807, 2.05) is 77.6 Å². The van der Waals surface area contributed by atoms with Gasteiger partial charge in [0.25, 0.3) is 5.91 Å².